The van der Waals surface area contributed by atoms with E-state index in [1.54, 1.807) is 0 Å². The van der Waals surface area contributed by atoms with Crippen LogP contribution in [-0.4, -0.2) is 29.4 Å². The van der Waals surface area contributed by atoms with E-state index in [0.29, 0.717) is 11.3 Å². The van der Waals surface area contributed by atoms with Gasteiger partial charge < -0.3 is 10.6 Å². The minimum atomic E-state index is -0.289. The standard InChI is InChI=1S/C15H28N2O/c1-14(2)8-10-17(11-9-14)13(18)12-6-4-5-7-15(12,3)16/h12H,4-11,16H2,1-3H3. The number of rotatable bonds is 1. The summed E-state index contributed by atoms with van der Waals surface area (Å²) in [5.41, 5.74) is 6.44. The lowest BCUT2D eigenvalue weighted by atomic mass is 9.73. The summed E-state index contributed by atoms with van der Waals surface area (Å²) in [5, 5.41) is 0. The van der Waals surface area contributed by atoms with Crippen molar-refractivity contribution in [1.29, 1.82) is 0 Å². The third-order valence-electron chi connectivity index (χ3n) is 4.98. The number of carbonyl (C=O) groups is 1. The number of piperidine rings is 1. The van der Waals surface area contributed by atoms with Crippen LogP contribution < -0.4 is 5.73 Å². The summed E-state index contributed by atoms with van der Waals surface area (Å²) in [6.07, 6.45) is 6.53. The summed E-state index contributed by atoms with van der Waals surface area (Å²) < 4.78 is 0. The van der Waals surface area contributed by atoms with Crippen LogP contribution in [0.15, 0.2) is 0 Å². The van der Waals surface area contributed by atoms with Crippen molar-refractivity contribution >= 4 is 5.91 Å². The first-order chi connectivity index (χ1) is 8.32. The van der Waals surface area contributed by atoms with Crippen molar-refractivity contribution in [3.63, 3.8) is 0 Å². The summed E-state index contributed by atoms with van der Waals surface area (Å²) >= 11 is 0. The quantitative estimate of drug-likeness (QED) is 0.779. The molecule has 0 aromatic carbocycles. The molecular weight excluding hydrogens is 224 g/mol. The number of nitrogens with zero attached hydrogens (tertiary/aromatic N) is 1. The Hall–Kier alpha value is -0.570. The molecule has 2 fully saturated rings. The molecule has 1 heterocycles. The molecule has 2 unspecified atom stereocenters. The normalized spacial score (nSPS) is 36.4. The molecular formula is C15H28N2O. The number of hydrogen-bond acceptors (Lipinski definition) is 2. The molecule has 0 spiro atoms. The van der Waals surface area contributed by atoms with Crippen molar-refractivity contribution in [1.82, 2.24) is 4.90 Å². The van der Waals surface area contributed by atoms with Gasteiger partial charge in [-0.1, -0.05) is 26.7 Å². The average Bonchev–Trinajstić information content (AvgIpc) is 2.27. The van der Waals surface area contributed by atoms with Crippen LogP contribution >= 0.6 is 0 Å². The number of nitrogens with two attached hydrogens (primary N) is 1. The fraction of sp³-hybridized carbons (Fsp3) is 0.933. The fourth-order valence-corrected chi connectivity index (χ4v) is 3.32. The van der Waals surface area contributed by atoms with Crippen LogP contribution in [0.25, 0.3) is 0 Å². The molecule has 1 aliphatic heterocycles. The highest BCUT2D eigenvalue weighted by Gasteiger charge is 2.41. The smallest absolute Gasteiger partial charge is 0.227 e. The average molecular weight is 252 g/mol. The van der Waals surface area contributed by atoms with Gasteiger partial charge in [0.15, 0.2) is 0 Å². The van der Waals surface area contributed by atoms with Gasteiger partial charge in [0.2, 0.25) is 5.91 Å². The SMILES string of the molecule is CC1(C)CCN(C(=O)C2CCCCC2(C)N)CC1. The largest absolute Gasteiger partial charge is 0.342 e. The lowest BCUT2D eigenvalue weighted by Crippen LogP contribution is -2.55. The van der Waals surface area contributed by atoms with Gasteiger partial charge in [0, 0.05) is 18.6 Å². The Labute approximate surface area is 111 Å². The molecule has 1 saturated heterocycles. The van der Waals surface area contributed by atoms with Gasteiger partial charge in [0.25, 0.3) is 0 Å². The molecule has 1 saturated carbocycles. The van der Waals surface area contributed by atoms with Crippen LogP contribution in [0.1, 0.15) is 59.3 Å². The first kappa shape index (κ1) is 13.9. The second-order valence-electron chi connectivity index (χ2n) is 7.29. The zero-order chi connectivity index (χ0) is 13.4. The molecule has 2 N–H and O–H groups in total. The summed E-state index contributed by atoms with van der Waals surface area (Å²) in [6.45, 7) is 8.48. The second kappa shape index (κ2) is 4.84. The summed E-state index contributed by atoms with van der Waals surface area (Å²) in [5.74, 6) is 0.364. The van der Waals surface area contributed by atoms with Gasteiger partial charge in [0.05, 0.1) is 5.92 Å². The van der Waals surface area contributed by atoms with Crippen molar-refractivity contribution in [2.45, 2.75) is 64.8 Å². The maximum atomic E-state index is 12.6. The van der Waals surface area contributed by atoms with E-state index < -0.39 is 0 Å². The molecule has 104 valence electrons. The summed E-state index contributed by atoms with van der Waals surface area (Å²) in [6, 6.07) is 0. The van der Waals surface area contributed by atoms with E-state index in [9.17, 15) is 4.79 Å². The van der Waals surface area contributed by atoms with Crippen LogP contribution in [0.3, 0.4) is 0 Å². The molecule has 3 nitrogen and oxygen atoms in total. The van der Waals surface area contributed by atoms with Gasteiger partial charge in [0.1, 0.15) is 0 Å². The maximum absolute atomic E-state index is 12.6. The lowest BCUT2D eigenvalue weighted by Gasteiger charge is -2.43. The predicted molar refractivity (Wildman–Crippen MR) is 74.1 cm³/mol. The summed E-state index contributed by atoms with van der Waals surface area (Å²) in [7, 11) is 0. The Morgan fingerprint density at radius 2 is 1.72 bits per heavy atom. The fourth-order valence-electron chi connectivity index (χ4n) is 3.32. The molecule has 2 rings (SSSR count). The van der Waals surface area contributed by atoms with Crippen LogP contribution in [0.5, 0.6) is 0 Å². The number of amides is 1. The van der Waals surface area contributed by atoms with Gasteiger partial charge >= 0.3 is 0 Å². The van der Waals surface area contributed by atoms with Crippen LogP contribution in [0.4, 0.5) is 0 Å². The summed E-state index contributed by atoms with van der Waals surface area (Å²) in [4.78, 5) is 14.7. The predicted octanol–water partition coefficient (Wildman–Crippen LogP) is 2.54. The molecule has 2 aliphatic rings. The Kier molecular flexibility index (Phi) is 3.72. The Balaban J connectivity index is 1.99. The van der Waals surface area contributed by atoms with E-state index in [0.717, 1.165) is 45.2 Å². The van der Waals surface area contributed by atoms with Gasteiger partial charge in [-0.25, -0.2) is 0 Å². The topological polar surface area (TPSA) is 46.3 Å². The Morgan fingerprint density at radius 1 is 1.11 bits per heavy atom. The molecule has 0 radical (unpaired) electrons. The van der Waals surface area contributed by atoms with E-state index in [-0.39, 0.29) is 11.5 Å². The highest BCUT2D eigenvalue weighted by atomic mass is 16.2. The zero-order valence-electron chi connectivity index (χ0n) is 12.2. The van der Waals surface area contributed by atoms with Gasteiger partial charge in [-0.15, -0.1) is 0 Å². The van der Waals surface area contributed by atoms with Crippen molar-refractivity contribution in [2.75, 3.05) is 13.1 Å². The van der Waals surface area contributed by atoms with Gasteiger partial charge in [-0.2, -0.15) is 0 Å². The van der Waals surface area contributed by atoms with Crippen LogP contribution in [0.2, 0.25) is 0 Å². The third kappa shape index (κ3) is 2.87. The van der Waals surface area contributed by atoms with Crippen LogP contribution in [-0.2, 0) is 4.79 Å². The molecule has 1 aliphatic carbocycles. The maximum Gasteiger partial charge on any atom is 0.227 e. The first-order valence-corrected chi connectivity index (χ1v) is 7.40. The first-order valence-electron chi connectivity index (χ1n) is 7.40. The van der Waals surface area contributed by atoms with Crippen molar-refractivity contribution in [2.24, 2.45) is 17.1 Å². The third-order valence-corrected chi connectivity index (χ3v) is 4.98. The minimum Gasteiger partial charge on any atom is -0.342 e. The lowest BCUT2D eigenvalue weighted by molar-refractivity contribution is -0.141. The highest BCUT2D eigenvalue weighted by molar-refractivity contribution is 5.80. The van der Waals surface area contributed by atoms with E-state index in [1.165, 1.54) is 6.42 Å². The molecule has 3 heteroatoms. The molecule has 0 bridgehead atoms. The van der Waals surface area contributed by atoms with Crippen molar-refractivity contribution < 1.29 is 4.79 Å². The Bertz CT molecular complexity index is 312. The van der Waals surface area contributed by atoms with Crippen molar-refractivity contribution in [3.8, 4) is 0 Å². The molecule has 2 atom stereocenters. The van der Waals surface area contributed by atoms with E-state index in [4.69, 9.17) is 5.73 Å². The highest BCUT2D eigenvalue weighted by Crippen LogP contribution is 2.35. The van der Waals surface area contributed by atoms with E-state index >= 15 is 0 Å². The van der Waals surface area contributed by atoms with Gasteiger partial charge in [-0.3, -0.25) is 4.79 Å². The zero-order valence-corrected chi connectivity index (χ0v) is 12.2. The Morgan fingerprint density at radius 3 is 2.28 bits per heavy atom. The van der Waals surface area contributed by atoms with Crippen molar-refractivity contribution in [3.05, 3.63) is 0 Å². The molecule has 0 aromatic rings. The number of carbonyl (C=O) groups excluding carboxylic acids is 1. The molecule has 18 heavy (non-hydrogen) atoms. The molecule has 0 aromatic heterocycles. The number of hydrogen-bond donors (Lipinski definition) is 1. The van der Waals surface area contributed by atoms with E-state index in [2.05, 4.69) is 25.7 Å². The van der Waals surface area contributed by atoms with Gasteiger partial charge in [-0.05, 0) is 38.0 Å². The minimum absolute atomic E-state index is 0.0486. The second-order valence-corrected chi connectivity index (χ2v) is 7.29. The number of likely N-dealkylation sites (tertiary alicyclic amines) is 1. The molecule has 1 amide bonds. The van der Waals surface area contributed by atoms with Crippen LogP contribution in [0, 0.1) is 11.3 Å². The monoisotopic (exact) mass is 252 g/mol. The van der Waals surface area contributed by atoms with E-state index in [1.807, 2.05) is 0 Å².